The van der Waals surface area contributed by atoms with Crippen LogP contribution >= 0.6 is 0 Å². The molecule has 2 rings (SSSR count). The van der Waals surface area contributed by atoms with Crippen molar-refractivity contribution in [1.82, 2.24) is 19.8 Å². The second-order valence-corrected chi connectivity index (χ2v) is 5.35. The topological polar surface area (TPSA) is 98.0 Å². The Hall–Kier alpha value is -1.87. The molecule has 1 N–H and O–H groups in total. The molecule has 0 spiro atoms. The lowest BCUT2D eigenvalue weighted by Crippen LogP contribution is -2.27. The molecule has 0 bridgehead atoms. The van der Waals surface area contributed by atoms with Crippen LogP contribution in [0.1, 0.15) is 11.7 Å². The normalized spacial score (nSPS) is 11.7. The molecular weight excluding hydrogens is 275 g/mol. The van der Waals surface area contributed by atoms with Crippen LogP contribution in [0.15, 0.2) is 27.9 Å². The third-order valence-corrected chi connectivity index (χ3v) is 3.58. The highest BCUT2D eigenvalue weighted by atomic mass is 32.2. The Balaban J connectivity index is 2.01. The van der Waals surface area contributed by atoms with Crippen molar-refractivity contribution in [3.8, 4) is 0 Å². The van der Waals surface area contributed by atoms with Gasteiger partial charge in [0.25, 0.3) is 10.0 Å². The van der Waals surface area contributed by atoms with E-state index in [2.05, 4.69) is 19.8 Å². The van der Waals surface area contributed by atoms with Crippen molar-refractivity contribution in [2.45, 2.75) is 18.4 Å². The number of rotatable bonds is 5. The summed E-state index contributed by atoms with van der Waals surface area (Å²) in [5.74, 6) is -0.124. The van der Waals surface area contributed by atoms with Gasteiger partial charge in [-0.25, -0.2) is 22.5 Å². The van der Waals surface area contributed by atoms with Crippen LogP contribution in [0, 0.1) is 12.7 Å². The predicted molar refractivity (Wildman–Crippen MR) is 62.1 cm³/mol. The number of pyridine rings is 1. The number of nitrogens with zero attached hydrogens (tertiary/aromatic N) is 3. The van der Waals surface area contributed by atoms with Gasteiger partial charge in [0.2, 0.25) is 10.9 Å². The van der Waals surface area contributed by atoms with Crippen LogP contribution in [0.25, 0.3) is 0 Å². The Morgan fingerprint density at radius 2 is 2.26 bits per heavy atom. The third-order valence-electron chi connectivity index (χ3n) is 2.19. The summed E-state index contributed by atoms with van der Waals surface area (Å²) < 4.78 is 43.8. The molecule has 7 nitrogen and oxygen atoms in total. The Morgan fingerprint density at radius 3 is 2.89 bits per heavy atom. The summed E-state index contributed by atoms with van der Waals surface area (Å²) in [6.45, 7) is 1.65. The molecule has 0 aliphatic carbocycles. The monoisotopic (exact) mass is 286 g/mol. The molecule has 0 radical (unpaired) electrons. The highest BCUT2D eigenvalue weighted by Crippen LogP contribution is 2.09. The van der Waals surface area contributed by atoms with Gasteiger partial charge in [0, 0.05) is 26.1 Å². The molecule has 2 aromatic rings. The summed E-state index contributed by atoms with van der Waals surface area (Å²) in [5, 5.41) is 2.99. The maximum atomic E-state index is 13.3. The number of hydrogen-bond donors (Lipinski definition) is 1. The Kier molecular flexibility index (Phi) is 3.86. The van der Waals surface area contributed by atoms with Gasteiger partial charge in [0.15, 0.2) is 11.6 Å². The standard InChI is InChI=1S/C10H11FN4O3S/c1-7-14-9(15-18-7)4-6-13-19(16,17)10-8(11)3-2-5-12-10/h2-3,5,13H,4,6H2,1H3. The van der Waals surface area contributed by atoms with Crippen molar-refractivity contribution in [2.75, 3.05) is 6.54 Å². The largest absolute Gasteiger partial charge is 0.340 e. The maximum absolute atomic E-state index is 13.3. The highest BCUT2D eigenvalue weighted by molar-refractivity contribution is 7.89. The van der Waals surface area contributed by atoms with Gasteiger partial charge >= 0.3 is 0 Å². The molecule has 0 atom stereocenters. The van der Waals surface area contributed by atoms with Crippen molar-refractivity contribution in [1.29, 1.82) is 0 Å². The fraction of sp³-hybridized carbons (Fsp3) is 0.300. The molecule has 19 heavy (non-hydrogen) atoms. The van der Waals surface area contributed by atoms with E-state index in [1.807, 2.05) is 0 Å². The molecule has 0 fully saturated rings. The zero-order valence-corrected chi connectivity index (χ0v) is 10.8. The molecule has 2 heterocycles. The van der Waals surface area contributed by atoms with Gasteiger partial charge in [-0.1, -0.05) is 5.16 Å². The number of hydrogen-bond acceptors (Lipinski definition) is 6. The van der Waals surface area contributed by atoms with Gasteiger partial charge < -0.3 is 4.52 Å². The lowest BCUT2D eigenvalue weighted by molar-refractivity contribution is 0.387. The van der Waals surface area contributed by atoms with Crippen molar-refractivity contribution >= 4 is 10.0 Å². The first-order valence-corrected chi connectivity index (χ1v) is 6.87. The van der Waals surface area contributed by atoms with Crippen LogP contribution in [0.5, 0.6) is 0 Å². The summed E-state index contributed by atoms with van der Waals surface area (Å²) in [4.78, 5) is 7.42. The molecular formula is C10H11FN4O3S. The molecule has 0 saturated carbocycles. The molecule has 0 unspecified atom stereocenters. The van der Waals surface area contributed by atoms with Gasteiger partial charge in [-0.15, -0.1) is 0 Å². The van der Waals surface area contributed by atoms with E-state index in [4.69, 9.17) is 4.52 Å². The second-order valence-electron chi connectivity index (χ2n) is 3.67. The average molecular weight is 286 g/mol. The summed E-state index contributed by atoms with van der Waals surface area (Å²) in [7, 11) is -3.98. The lowest BCUT2D eigenvalue weighted by atomic mass is 10.4. The van der Waals surface area contributed by atoms with Crippen LogP contribution in [0.3, 0.4) is 0 Å². The predicted octanol–water partition coefficient (Wildman–Crippen LogP) is 0.433. The van der Waals surface area contributed by atoms with Crippen molar-refractivity contribution < 1.29 is 17.3 Å². The zero-order chi connectivity index (χ0) is 13.9. The molecule has 0 aromatic carbocycles. The van der Waals surface area contributed by atoms with E-state index < -0.39 is 20.9 Å². The van der Waals surface area contributed by atoms with Gasteiger partial charge in [0.1, 0.15) is 0 Å². The van der Waals surface area contributed by atoms with Crippen molar-refractivity contribution in [3.05, 3.63) is 35.9 Å². The van der Waals surface area contributed by atoms with Gasteiger partial charge in [-0.2, -0.15) is 4.98 Å². The summed E-state index contributed by atoms with van der Waals surface area (Å²) in [6.07, 6.45) is 1.45. The molecule has 2 aromatic heterocycles. The smallest absolute Gasteiger partial charge is 0.261 e. The van der Waals surface area contributed by atoms with E-state index >= 15 is 0 Å². The van der Waals surface area contributed by atoms with E-state index in [-0.39, 0.29) is 13.0 Å². The van der Waals surface area contributed by atoms with Crippen LogP contribution in [0.2, 0.25) is 0 Å². The number of sulfonamides is 1. The van der Waals surface area contributed by atoms with Crippen LogP contribution in [-0.4, -0.2) is 30.1 Å². The Labute approximate surface area is 108 Å². The maximum Gasteiger partial charge on any atom is 0.261 e. The SMILES string of the molecule is Cc1nc(CCNS(=O)(=O)c2ncccc2F)no1. The zero-order valence-electron chi connectivity index (χ0n) is 10.00. The fourth-order valence-electron chi connectivity index (χ4n) is 1.38. The van der Waals surface area contributed by atoms with Crippen LogP contribution in [-0.2, 0) is 16.4 Å². The summed E-state index contributed by atoms with van der Waals surface area (Å²) in [6, 6.07) is 2.35. The van der Waals surface area contributed by atoms with E-state index in [0.29, 0.717) is 11.7 Å². The molecule has 0 aliphatic rings. The van der Waals surface area contributed by atoms with Gasteiger partial charge in [0.05, 0.1) is 0 Å². The highest BCUT2D eigenvalue weighted by Gasteiger charge is 2.19. The number of nitrogens with one attached hydrogen (secondary N) is 1. The van der Waals surface area contributed by atoms with E-state index in [9.17, 15) is 12.8 Å². The summed E-state index contributed by atoms with van der Waals surface area (Å²) in [5.41, 5.74) is 0. The van der Waals surface area contributed by atoms with Crippen molar-refractivity contribution in [3.63, 3.8) is 0 Å². The lowest BCUT2D eigenvalue weighted by Gasteiger charge is -2.05. The molecule has 102 valence electrons. The quantitative estimate of drug-likeness (QED) is 0.856. The van der Waals surface area contributed by atoms with E-state index in [1.54, 1.807) is 6.92 Å². The third kappa shape index (κ3) is 3.32. The minimum Gasteiger partial charge on any atom is -0.340 e. The minimum atomic E-state index is -3.98. The van der Waals surface area contributed by atoms with Crippen molar-refractivity contribution in [2.24, 2.45) is 0 Å². The average Bonchev–Trinajstić information content (AvgIpc) is 2.75. The number of halogens is 1. The van der Waals surface area contributed by atoms with Crippen LogP contribution in [0.4, 0.5) is 4.39 Å². The molecule has 0 amide bonds. The molecule has 9 heteroatoms. The first-order valence-electron chi connectivity index (χ1n) is 5.38. The Morgan fingerprint density at radius 1 is 1.47 bits per heavy atom. The number of aromatic nitrogens is 3. The van der Waals surface area contributed by atoms with E-state index in [0.717, 1.165) is 6.07 Å². The summed E-state index contributed by atoms with van der Waals surface area (Å²) >= 11 is 0. The minimum absolute atomic E-state index is 0.0251. The molecule has 0 aliphatic heterocycles. The van der Waals surface area contributed by atoms with Gasteiger partial charge in [-0.3, -0.25) is 0 Å². The van der Waals surface area contributed by atoms with Gasteiger partial charge in [-0.05, 0) is 12.1 Å². The fourth-order valence-corrected chi connectivity index (χ4v) is 2.41. The van der Waals surface area contributed by atoms with E-state index in [1.165, 1.54) is 12.3 Å². The van der Waals surface area contributed by atoms with Crippen LogP contribution < -0.4 is 4.72 Å². The first-order chi connectivity index (χ1) is 8.99. The Bertz CT molecular complexity index is 671. The first kappa shape index (κ1) is 13.6. The number of aryl methyl sites for hydroxylation is 1. The molecule has 0 saturated heterocycles. The second kappa shape index (κ2) is 5.41.